The number of guanidine groups is 1. The molecule has 3 unspecified atom stereocenters. The molecule has 3 saturated carbocycles. The molecule has 0 aromatic heterocycles. The highest BCUT2D eigenvalue weighted by atomic mass is 16.5. The van der Waals surface area contributed by atoms with Crippen LogP contribution in [0.1, 0.15) is 58.3 Å². The van der Waals surface area contributed by atoms with Gasteiger partial charge in [0.05, 0.1) is 19.3 Å². The zero-order valence-electron chi connectivity index (χ0n) is 16.6. The van der Waals surface area contributed by atoms with Crippen LogP contribution in [-0.2, 0) is 9.53 Å². The SMILES string of the molecule is CCNC(=NCC(O)COCC1CC1)NC1CCCC(C(=O)NC2CC2)C1. The molecular formula is C20H36N4O3. The van der Waals surface area contributed by atoms with E-state index in [0.29, 0.717) is 31.1 Å². The van der Waals surface area contributed by atoms with Crippen molar-refractivity contribution in [1.29, 1.82) is 0 Å². The second kappa shape index (κ2) is 10.3. The van der Waals surface area contributed by atoms with Gasteiger partial charge in [0, 0.05) is 31.2 Å². The standard InChI is InChI=1S/C20H36N4O3/c1-2-21-20(22-11-18(25)13-27-12-14-6-7-14)24-17-5-3-4-15(10-17)19(26)23-16-8-9-16/h14-18,25H,2-13H2,1H3,(H,23,26)(H2,21,22,24). The minimum Gasteiger partial charge on any atom is -0.389 e. The Balaban J connectivity index is 1.41. The summed E-state index contributed by atoms with van der Waals surface area (Å²) in [5.74, 6) is 1.73. The molecule has 0 spiro atoms. The Kier molecular flexibility index (Phi) is 7.76. The maximum Gasteiger partial charge on any atom is 0.223 e. The second-order valence-corrected chi connectivity index (χ2v) is 8.34. The van der Waals surface area contributed by atoms with Gasteiger partial charge in [0.2, 0.25) is 5.91 Å². The van der Waals surface area contributed by atoms with E-state index >= 15 is 0 Å². The molecule has 7 heteroatoms. The third kappa shape index (κ3) is 7.66. The van der Waals surface area contributed by atoms with E-state index in [0.717, 1.165) is 51.7 Å². The molecule has 3 atom stereocenters. The summed E-state index contributed by atoms with van der Waals surface area (Å²) in [7, 11) is 0. The van der Waals surface area contributed by atoms with Crippen LogP contribution < -0.4 is 16.0 Å². The van der Waals surface area contributed by atoms with E-state index < -0.39 is 6.10 Å². The van der Waals surface area contributed by atoms with Crippen LogP contribution in [0.25, 0.3) is 0 Å². The lowest BCUT2D eigenvalue weighted by Crippen LogP contribution is -2.47. The van der Waals surface area contributed by atoms with Crippen LogP contribution >= 0.6 is 0 Å². The number of nitrogens with one attached hydrogen (secondary N) is 3. The Morgan fingerprint density at radius 2 is 1.96 bits per heavy atom. The number of carbonyl (C=O) groups excluding carboxylic acids is 1. The first-order valence-corrected chi connectivity index (χ1v) is 10.7. The number of ether oxygens (including phenoxy) is 1. The quantitative estimate of drug-likeness (QED) is 0.337. The van der Waals surface area contributed by atoms with Crippen molar-refractivity contribution in [1.82, 2.24) is 16.0 Å². The number of carbonyl (C=O) groups is 1. The largest absolute Gasteiger partial charge is 0.389 e. The van der Waals surface area contributed by atoms with Gasteiger partial charge in [-0.1, -0.05) is 6.42 Å². The summed E-state index contributed by atoms with van der Waals surface area (Å²) in [6, 6.07) is 0.670. The summed E-state index contributed by atoms with van der Waals surface area (Å²) in [5, 5.41) is 19.9. The van der Waals surface area contributed by atoms with Gasteiger partial charge in [-0.05, 0) is 57.8 Å². The van der Waals surface area contributed by atoms with Gasteiger partial charge in [0.1, 0.15) is 0 Å². The van der Waals surface area contributed by atoms with Gasteiger partial charge < -0.3 is 25.8 Å². The van der Waals surface area contributed by atoms with Gasteiger partial charge >= 0.3 is 0 Å². The van der Waals surface area contributed by atoms with Gasteiger partial charge in [0.25, 0.3) is 0 Å². The highest BCUT2D eigenvalue weighted by Gasteiger charge is 2.31. The van der Waals surface area contributed by atoms with Crippen LogP contribution in [0.4, 0.5) is 0 Å². The molecule has 0 bridgehead atoms. The highest BCUT2D eigenvalue weighted by molar-refractivity contribution is 5.81. The summed E-state index contributed by atoms with van der Waals surface area (Å²) < 4.78 is 5.53. The number of amides is 1. The fourth-order valence-corrected chi connectivity index (χ4v) is 3.52. The average molecular weight is 381 g/mol. The first-order chi connectivity index (χ1) is 13.1. The molecule has 27 heavy (non-hydrogen) atoms. The van der Waals surface area contributed by atoms with Crippen molar-refractivity contribution < 1.29 is 14.6 Å². The van der Waals surface area contributed by atoms with Crippen LogP contribution in [0.3, 0.4) is 0 Å². The van der Waals surface area contributed by atoms with Crippen molar-refractivity contribution in [2.45, 2.75) is 76.5 Å². The molecule has 1 amide bonds. The first kappa shape index (κ1) is 20.4. The number of aliphatic hydroxyl groups excluding tert-OH is 1. The van der Waals surface area contributed by atoms with Gasteiger partial charge in [-0.2, -0.15) is 0 Å². The predicted octanol–water partition coefficient (Wildman–Crippen LogP) is 1.17. The molecular weight excluding hydrogens is 344 g/mol. The van der Waals surface area contributed by atoms with Crippen LogP contribution in [0, 0.1) is 11.8 Å². The van der Waals surface area contributed by atoms with Gasteiger partial charge in [-0.15, -0.1) is 0 Å². The zero-order valence-corrected chi connectivity index (χ0v) is 16.6. The van der Waals surface area contributed by atoms with Crippen molar-refractivity contribution in [2.24, 2.45) is 16.8 Å². The van der Waals surface area contributed by atoms with Crippen molar-refractivity contribution in [3.63, 3.8) is 0 Å². The summed E-state index contributed by atoms with van der Waals surface area (Å²) >= 11 is 0. The molecule has 7 nitrogen and oxygen atoms in total. The third-order valence-corrected chi connectivity index (χ3v) is 5.47. The summed E-state index contributed by atoms with van der Waals surface area (Å²) in [6.07, 6.45) is 8.10. The Morgan fingerprint density at radius 3 is 2.67 bits per heavy atom. The lowest BCUT2D eigenvalue weighted by molar-refractivity contribution is -0.126. The van der Waals surface area contributed by atoms with Crippen molar-refractivity contribution in [3.05, 3.63) is 0 Å². The number of rotatable bonds is 10. The number of aliphatic imine (C=N–C) groups is 1. The van der Waals surface area contributed by atoms with E-state index in [4.69, 9.17) is 4.74 Å². The highest BCUT2D eigenvalue weighted by Crippen LogP contribution is 2.29. The molecule has 0 aliphatic heterocycles. The van der Waals surface area contributed by atoms with Crippen molar-refractivity contribution in [2.75, 3.05) is 26.3 Å². The van der Waals surface area contributed by atoms with E-state index in [1.165, 1.54) is 12.8 Å². The third-order valence-electron chi connectivity index (χ3n) is 5.47. The summed E-state index contributed by atoms with van der Waals surface area (Å²) in [5.41, 5.74) is 0. The molecule has 0 saturated heterocycles. The lowest BCUT2D eigenvalue weighted by atomic mass is 9.85. The fourth-order valence-electron chi connectivity index (χ4n) is 3.52. The molecule has 3 fully saturated rings. The normalized spacial score (nSPS) is 27.1. The maximum absolute atomic E-state index is 12.3. The lowest BCUT2D eigenvalue weighted by Gasteiger charge is -2.30. The first-order valence-electron chi connectivity index (χ1n) is 10.7. The molecule has 3 aliphatic rings. The van der Waals surface area contributed by atoms with Crippen LogP contribution in [0.15, 0.2) is 4.99 Å². The number of hydrogen-bond acceptors (Lipinski definition) is 4. The predicted molar refractivity (Wildman–Crippen MR) is 106 cm³/mol. The second-order valence-electron chi connectivity index (χ2n) is 8.34. The van der Waals surface area contributed by atoms with Crippen LogP contribution in [0.2, 0.25) is 0 Å². The smallest absolute Gasteiger partial charge is 0.223 e. The molecule has 4 N–H and O–H groups in total. The number of aliphatic hydroxyl groups is 1. The minimum absolute atomic E-state index is 0.0983. The minimum atomic E-state index is -0.581. The average Bonchev–Trinajstić information content (AvgIpc) is 3.56. The summed E-state index contributed by atoms with van der Waals surface area (Å²) in [4.78, 5) is 16.9. The molecule has 154 valence electrons. The van der Waals surface area contributed by atoms with E-state index in [9.17, 15) is 9.90 Å². The topological polar surface area (TPSA) is 95.0 Å². The monoisotopic (exact) mass is 380 g/mol. The number of nitrogens with zero attached hydrogens (tertiary/aromatic N) is 1. The van der Waals surface area contributed by atoms with E-state index in [1.54, 1.807) is 0 Å². The molecule has 0 heterocycles. The van der Waals surface area contributed by atoms with E-state index in [2.05, 4.69) is 20.9 Å². The van der Waals surface area contributed by atoms with E-state index in [1.807, 2.05) is 6.92 Å². The van der Waals surface area contributed by atoms with Crippen molar-refractivity contribution in [3.8, 4) is 0 Å². The summed E-state index contributed by atoms with van der Waals surface area (Å²) in [6.45, 7) is 4.20. The van der Waals surface area contributed by atoms with Crippen molar-refractivity contribution >= 4 is 11.9 Å². The zero-order chi connectivity index (χ0) is 19.1. The Morgan fingerprint density at radius 1 is 1.15 bits per heavy atom. The molecule has 0 aromatic rings. The molecule has 3 aliphatic carbocycles. The Labute approximate surface area is 162 Å². The Bertz CT molecular complexity index is 505. The molecule has 3 rings (SSSR count). The van der Waals surface area contributed by atoms with Gasteiger partial charge in [-0.25, -0.2) is 0 Å². The fraction of sp³-hybridized carbons (Fsp3) is 0.900. The maximum atomic E-state index is 12.3. The van der Waals surface area contributed by atoms with Gasteiger partial charge in [-0.3, -0.25) is 9.79 Å². The number of hydrogen-bond donors (Lipinski definition) is 4. The van der Waals surface area contributed by atoms with Crippen LogP contribution in [-0.4, -0.2) is 61.5 Å². The van der Waals surface area contributed by atoms with E-state index in [-0.39, 0.29) is 17.9 Å². The molecule has 0 radical (unpaired) electrons. The van der Waals surface area contributed by atoms with Crippen LogP contribution in [0.5, 0.6) is 0 Å². The van der Waals surface area contributed by atoms with Gasteiger partial charge in [0.15, 0.2) is 5.96 Å². The molecule has 0 aromatic carbocycles. The Hall–Kier alpha value is -1.34.